The monoisotopic (exact) mass is 461 g/mol. The fourth-order valence-electron chi connectivity index (χ4n) is 3.19. The van der Waals surface area contributed by atoms with Crippen LogP contribution in [0.4, 0.5) is 4.39 Å². The molecule has 1 saturated heterocycles. The minimum absolute atomic E-state index is 0.145. The first-order valence-corrected chi connectivity index (χ1v) is 11.1. The Morgan fingerprint density at radius 2 is 2.18 bits per heavy atom. The Labute approximate surface area is 194 Å². The number of halogens is 1. The second kappa shape index (κ2) is 9.79. The number of nitrogens with zero attached hydrogens (tertiary/aromatic N) is 4. The van der Waals surface area contributed by atoms with Gasteiger partial charge in [-0.3, -0.25) is 14.8 Å². The van der Waals surface area contributed by atoms with Gasteiger partial charge in [-0.2, -0.15) is 5.26 Å². The van der Waals surface area contributed by atoms with Crippen molar-refractivity contribution >= 4 is 39.9 Å². The van der Waals surface area contributed by atoms with E-state index in [0.29, 0.717) is 51.1 Å². The predicted octanol–water partition coefficient (Wildman–Crippen LogP) is 4.23. The number of amides is 1. The fraction of sp³-hybridized carbons (Fsp3) is 0.208. The summed E-state index contributed by atoms with van der Waals surface area (Å²) < 4.78 is 19.1. The van der Waals surface area contributed by atoms with Crippen molar-refractivity contribution in [2.45, 2.75) is 26.4 Å². The number of amidine groups is 1. The summed E-state index contributed by atoms with van der Waals surface area (Å²) in [6.45, 7) is 4.16. The number of aromatic nitrogens is 2. The molecule has 33 heavy (non-hydrogen) atoms. The maximum atomic E-state index is 13.3. The molecular weight excluding hydrogens is 441 g/mol. The van der Waals surface area contributed by atoms with E-state index in [0.717, 1.165) is 5.56 Å². The number of ether oxygens (including phenoxy) is 1. The standard InChI is InChI=1S/C24H20FN5O2S/c1-14(2)32-22-16(12-26)13-28-19-7-6-18(29-21(19)22)11-20-23(31)30-24(33-20)27-9-8-15-4-3-5-17(25)10-15/h3-7,10-11,13-14H,8-9H2,1-2H3,(H,27,30,31). The van der Waals surface area contributed by atoms with Crippen LogP contribution in [0.2, 0.25) is 0 Å². The summed E-state index contributed by atoms with van der Waals surface area (Å²) in [6.07, 6.45) is 3.55. The van der Waals surface area contributed by atoms with Gasteiger partial charge in [-0.15, -0.1) is 0 Å². The first kappa shape index (κ1) is 22.4. The Morgan fingerprint density at radius 3 is 2.94 bits per heavy atom. The van der Waals surface area contributed by atoms with E-state index >= 15 is 0 Å². The van der Waals surface area contributed by atoms with E-state index in [9.17, 15) is 14.4 Å². The highest BCUT2D eigenvalue weighted by molar-refractivity contribution is 8.18. The van der Waals surface area contributed by atoms with Gasteiger partial charge >= 0.3 is 0 Å². The topological polar surface area (TPSA) is 100 Å². The molecule has 1 amide bonds. The third-order valence-electron chi connectivity index (χ3n) is 4.64. The zero-order valence-electron chi connectivity index (χ0n) is 18.0. The van der Waals surface area contributed by atoms with Crippen LogP contribution < -0.4 is 10.1 Å². The van der Waals surface area contributed by atoms with Gasteiger partial charge in [0, 0.05) is 12.7 Å². The predicted molar refractivity (Wildman–Crippen MR) is 126 cm³/mol. The van der Waals surface area contributed by atoms with E-state index in [-0.39, 0.29) is 17.8 Å². The smallest absolute Gasteiger partial charge is 0.264 e. The lowest BCUT2D eigenvalue weighted by Gasteiger charge is -2.13. The van der Waals surface area contributed by atoms with Gasteiger partial charge in [-0.25, -0.2) is 9.37 Å². The van der Waals surface area contributed by atoms with Gasteiger partial charge in [0.25, 0.3) is 5.91 Å². The first-order valence-electron chi connectivity index (χ1n) is 10.3. The summed E-state index contributed by atoms with van der Waals surface area (Å²) >= 11 is 1.22. The normalized spacial score (nSPS) is 15.9. The number of fused-ring (bicyclic) bond motifs is 1. The number of carbonyl (C=O) groups excluding carboxylic acids is 1. The zero-order valence-corrected chi connectivity index (χ0v) is 18.8. The zero-order chi connectivity index (χ0) is 23.4. The van der Waals surface area contributed by atoms with Crippen LogP contribution in [-0.2, 0) is 11.2 Å². The van der Waals surface area contributed by atoms with Crippen molar-refractivity contribution in [2.75, 3.05) is 6.54 Å². The Bertz CT molecular complexity index is 1330. The van der Waals surface area contributed by atoms with Gasteiger partial charge in [-0.05, 0) is 67.9 Å². The maximum Gasteiger partial charge on any atom is 0.264 e. The molecule has 166 valence electrons. The summed E-state index contributed by atoms with van der Waals surface area (Å²) in [5.41, 5.74) is 2.73. The van der Waals surface area contributed by atoms with E-state index in [1.807, 2.05) is 19.9 Å². The molecule has 0 atom stereocenters. The summed E-state index contributed by atoms with van der Waals surface area (Å²) in [4.78, 5) is 26.1. The molecule has 3 aromatic rings. The molecule has 0 bridgehead atoms. The number of hydrogen-bond donors (Lipinski definition) is 1. The lowest BCUT2D eigenvalue weighted by molar-refractivity contribution is -0.115. The average molecular weight is 462 g/mol. The van der Waals surface area contributed by atoms with E-state index in [1.165, 1.54) is 30.1 Å². The van der Waals surface area contributed by atoms with Crippen molar-refractivity contribution in [2.24, 2.45) is 4.99 Å². The van der Waals surface area contributed by atoms with E-state index in [4.69, 9.17) is 4.74 Å². The van der Waals surface area contributed by atoms with Crippen molar-refractivity contribution in [1.29, 1.82) is 5.26 Å². The molecule has 0 aliphatic carbocycles. The largest absolute Gasteiger partial charge is 0.487 e. The number of rotatable bonds is 6. The van der Waals surface area contributed by atoms with Crippen molar-refractivity contribution in [3.05, 3.63) is 70.1 Å². The molecule has 7 nitrogen and oxygen atoms in total. The van der Waals surface area contributed by atoms with Crippen LogP contribution in [-0.4, -0.2) is 33.7 Å². The summed E-state index contributed by atoms with van der Waals surface area (Å²) in [7, 11) is 0. The van der Waals surface area contributed by atoms with E-state index < -0.39 is 0 Å². The number of nitriles is 1. The Hall–Kier alpha value is -3.77. The summed E-state index contributed by atoms with van der Waals surface area (Å²) in [6, 6.07) is 12.0. The van der Waals surface area contributed by atoms with Gasteiger partial charge in [0.15, 0.2) is 10.9 Å². The molecule has 9 heteroatoms. The van der Waals surface area contributed by atoms with Gasteiger partial charge in [-0.1, -0.05) is 12.1 Å². The number of pyridine rings is 2. The molecule has 0 spiro atoms. The molecule has 1 aliphatic rings. The third-order valence-corrected chi connectivity index (χ3v) is 5.58. The van der Waals surface area contributed by atoms with Crippen LogP contribution in [0, 0.1) is 17.1 Å². The molecule has 2 aromatic heterocycles. The molecule has 0 unspecified atom stereocenters. The number of carbonyl (C=O) groups is 1. The van der Waals surface area contributed by atoms with Crippen molar-refractivity contribution in [3.63, 3.8) is 0 Å². The SMILES string of the molecule is CC(C)Oc1c(C#N)cnc2ccc(C=C3SC(=NCCc4cccc(F)c4)NC3=O)nc12. The Kier molecular flexibility index (Phi) is 6.66. The van der Waals surface area contributed by atoms with Crippen molar-refractivity contribution < 1.29 is 13.9 Å². The number of hydrogen-bond acceptors (Lipinski definition) is 7. The third kappa shape index (κ3) is 5.35. The molecule has 1 aliphatic heterocycles. The fourth-order valence-corrected chi connectivity index (χ4v) is 4.02. The van der Waals surface area contributed by atoms with Crippen LogP contribution >= 0.6 is 11.8 Å². The van der Waals surface area contributed by atoms with Crippen molar-refractivity contribution in [3.8, 4) is 11.8 Å². The number of aliphatic imine (C=N–C) groups is 1. The van der Waals surface area contributed by atoms with E-state index in [1.54, 1.807) is 24.3 Å². The second-order valence-electron chi connectivity index (χ2n) is 7.51. The molecule has 1 aromatic carbocycles. The molecule has 4 rings (SSSR count). The number of benzene rings is 1. The highest BCUT2D eigenvalue weighted by Crippen LogP contribution is 2.30. The first-order chi connectivity index (χ1) is 15.9. The van der Waals surface area contributed by atoms with Gasteiger partial charge in [0.1, 0.15) is 23.0 Å². The highest BCUT2D eigenvalue weighted by Gasteiger charge is 2.24. The minimum atomic E-state index is -0.282. The van der Waals surface area contributed by atoms with Crippen LogP contribution in [0.3, 0.4) is 0 Å². The Morgan fingerprint density at radius 1 is 1.33 bits per heavy atom. The summed E-state index contributed by atoms with van der Waals surface area (Å²) in [5.74, 6) is -0.175. The van der Waals surface area contributed by atoms with Gasteiger partial charge in [0.2, 0.25) is 0 Å². The number of thioether (sulfide) groups is 1. The van der Waals surface area contributed by atoms with Gasteiger partial charge in [0.05, 0.1) is 22.2 Å². The van der Waals surface area contributed by atoms with Crippen molar-refractivity contribution in [1.82, 2.24) is 15.3 Å². The number of nitrogens with one attached hydrogen (secondary N) is 1. The highest BCUT2D eigenvalue weighted by atomic mass is 32.2. The molecular formula is C24H20FN5O2S. The van der Waals surface area contributed by atoms with Gasteiger partial charge < -0.3 is 10.1 Å². The molecule has 0 saturated carbocycles. The molecule has 1 N–H and O–H groups in total. The maximum absolute atomic E-state index is 13.3. The minimum Gasteiger partial charge on any atom is -0.487 e. The quantitative estimate of drug-likeness (QED) is 0.552. The lowest BCUT2D eigenvalue weighted by Crippen LogP contribution is -2.20. The van der Waals surface area contributed by atoms with Crippen LogP contribution in [0.5, 0.6) is 5.75 Å². The van der Waals surface area contributed by atoms with Crippen LogP contribution in [0.25, 0.3) is 17.1 Å². The molecule has 0 radical (unpaired) electrons. The average Bonchev–Trinajstić information content (AvgIpc) is 3.12. The van der Waals surface area contributed by atoms with E-state index in [2.05, 4.69) is 26.3 Å². The summed E-state index contributed by atoms with van der Waals surface area (Å²) in [5, 5.41) is 12.6. The Balaban J connectivity index is 1.55. The van der Waals surface area contributed by atoms with Crippen LogP contribution in [0.1, 0.15) is 30.7 Å². The molecule has 3 heterocycles. The second-order valence-corrected chi connectivity index (χ2v) is 8.55. The lowest BCUT2D eigenvalue weighted by atomic mass is 10.1. The molecule has 1 fully saturated rings. The van der Waals surface area contributed by atoms with Crippen LogP contribution in [0.15, 0.2) is 52.5 Å².